The van der Waals surface area contributed by atoms with E-state index in [2.05, 4.69) is 9.97 Å². The number of hydrogen-bond acceptors (Lipinski definition) is 3. The van der Waals surface area contributed by atoms with Gasteiger partial charge in [-0.05, 0) is 29.8 Å². The van der Waals surface area contributed by atoms with Crippen molar-refractivity contribution >= 4 is 40.1 Å². The third-order valence-corrected chi connectivity index (χ3v) is 5.72. The van der Waals surface area contributed by atoms with Crippen molar-refractivity contribution in [2.45, 2.75) is 12.6 Å². The lowest BCUT2D eigenvalue weighted by molar-refractivity contribution is -0.137. The standard InChI is InChI=1S/C20H16Cl2F3N3O2/c21-15-2-1-13(19(29)28-3-5-30-6-4-28)18(22)14(15)8-12-9-16-17(27-12)7-11(10-26-16)20(23,24)25/h1-2,7,9-10,27H,3-6,8H2. The van der Waals surface area contributed by atoms with E-state index in [4.69, 9.17) is 27.9 Å². The van der Waals surface area contributed by atoms with E-state index in [0.29, 0.717) is 53.7 Å². The van der Waals surface area contributed by atoms with Crippen molar-refractivity contribution < 1.29 is 22.7 Å². The number of alkyl halides is 3. The van der Waals surface area contributed by atoms with E-state index in [1.165, 1.54) is 0 Å². The minimum absolute atomic E-state index is 0.208. The molecule has 30 heavy (non-hydrogen) atoms. The highest BCUT2D eigenvalue weighted by Gasteiger charge is 2.31. The molecule has 0 atom stereocenters. The molecule has 10 heteroatoms. The predicted molar refractivity (Wildman–Crippen MR) is 107 cm³/mol. The second-order valence-electron chi connectivity index (χ2n) is 6.92. The Balaban J connectivity index is 1.65. The molecule has 1 N–H and O–H groups in total. The van der Waals surface area contributed by atoms with Crippen molar-refractivity contribution in [2.75, 3.05) is 26.3 Å². The summed E-state index contributed by atoms with van der Waals surface area (Å²) in [5.41, 5.74) is 1.24. The molecule has 0 saturated carbocycles. The van der Waals surface area contributed by atoms with Crippen LogP contribution in [0.2, 0.25) is 10.0 Å². The van der Waals surface area contributed by atoms with Crippen molar-refractivity contribution in [2.24, 2.45) is 0 Å². The Bertz CT molecular complexity index is 1110. The number of aromatic amines is 1. The normalized spacial score (nSPS) is 15.0. The van der Waals surface area contributed by atoms with Gasteiger partial charge < -0.3 is 14.6 Å². The second kappa shape index (κ2) is 8.09. The van der Waals surface area contributed by atoms with Crippen molar-refractivity contribution in [1.29, 1.82) is 0 Å². The maximum Gasteiger partial charge on any atom is 0.417 e. The Labute approximate surface area is 179 Å². The number of nitrogens with one attached hydrogen (secondary N) is 1. The van der Waals surface area contributed by atoms with Gasteiger partial charge in [-0.15, -0.1) is 0 Å². The zero-order valence-electron chi connectivity index (χ0n) is 15.5. The lowest BCUT2D eigenvalue weighted by Gasteiger charge is -2.27. The molecule has 1 aliphatic rings. The van der Waals surface area contributed by atoms with Crippen LogP contribution in [0.5, 0.6) is 0 Å². The van der Waals surface area contributed by atoms with Crippen molar-refractivity contribution in [3.8, 4) is 0 Å². The highest BCUT2D eigenvalue weighted by Crippen LogP contribution is 2.33. The summed E-state index contributed by atoms with van der Waals surface area (Å²) in [6, 6.07) is 5.82. The van der Waals surface area contributed by atoms with E-state index >= 15 is 0 Å². The first kappa shape index (κ1) is 21.0. The summed E-state index contributed by atoms with van der Waals surface area (Å²) in [6.45, 7) is 1.88. The number of amides is 1. The quantitative estimate of drug-likeness (QED) is 0.605. The minimum Gasteiger partial charge on any atom is -0.378 e. The molecule has 1 fully saturated rings. The van der Waals surface area contributed by atoms with Crippen molar-refractivity contribution in [3.63, 3.8) is 0 Å². The maximum atomic E-state index is 12.9. The lowest BCUT2D eigenvalue weighted by Crippen LogP contribution is -2.40. The fourth-order valence-electron chi connectivity index (χ4n) is 3.37. The topological polar surface area (TPSA) is 58.2 Å². The Kier molecular flexibility index (Phi) is 5.65. The summed E-state index contributed by atoms with van der Waals surface area (Å²) in [4.78, 5) is 21.3. The molecule has 1 aliphatic heterocycles. The molecule has 5 nitrogen and oxygen atoms in total. The van der Waals surface area contributed by atoms with Gasteiger partial charge in [0.05, 0.1) is 40.4 Å². The zero-order valence-corrected chi connectivity index (χ0v) is 17.0. The number of fused-ring (bicyclic) bond motifs is 1. The monoisotopic (exact) mass is 457 g/mol. The molecule has 1 aromatic carbocycles. The maximum absolute atomic E-state index is 12.9. The van der Waals surface area contributed by atoms with Gasteiger partial charge in [0, 0.05) is 36.4 Å². The molecular formula is C20H16Cl2F3N3O2. The van der Waals surface area contributed by atoms with Crippen LogP contribution in [0, 0.1) is 0 Å². The first-order valence-electron chi connectivity index (χ1n) is 9.13. The van der Waals surface area contributed by atoms with Gasteiger partial charge in [-0.3, -0.25) is 9.78 Å². The number of carbonyl (C=O) groups excluding carboxylic acids is 1. The highest BCUT2D eigenvalue weighted by molar-refractivity contribution is 6.38. The van der Waals surface area contributed by atoms with Gasteiger partial charge in [0.15, 0.2) is 0 Å². The number of H-pyrrole nitrogens is 1. The van der Waals surface area contributed by atoms with Crippen LogP contribution in [-0.2, 0) is 17.3 Å². The minimum atomic E-state index is -4.48. The lowest BCUT2D eigenvalue weighted by atomic mass is 10.0. The van der Waals surface area contributed by atoms with Crippen molar-refractivity contribution in [3.05, 3.63) is 62.9 Å². The Morgan fingerprint density at radius 3 is 2.63 bits per heavy atom. The van der Waals surface area contributed by atoms with Crippen LogP contribution in [0.1, 0.15) is 27.2 Å². The molecule has 0 aliphatic carbocycles. The zero-order chi connectivity index (χ0) is 21.5. The number of aromatic nitrogens is 2. The molecule has 3 aromatic rings. The van der Waals surface area contributed by atoms with Gasteiger partial charge in [-0.2, -0.15) is 13.2 Å². The molecule has 0 unspecified atom stereocenters. The van der Waals surface area contributed by atoms with Crippen molar-refractivity contribution in [1.82, 2.24) is 14.9 Å². The fraction of sp³-hybridized carbons (Fsp3) is 0.300. The Morgan fingerprint density at radius 2 is 1.93 bits per heavy atom. The summed E-state index contributed by atoms with van der Waals surface area (Å²) in [5, 5.41) is 0.586. The number of nitrogens with zero attached hydrogens (tertiary/aromatic N) is 2. The molecule has 1 amide bonds. The number of rotatable bonds is 3. The summed E-state index contributed by atoms with van der Waals surface area (Å²) in [7, 11) is 0. The van der Waals surface area contributed by atoms with Crippen LogP contribution in [-0.4, -0.2) is 47.1 Å². The Hall–Kier alpha value is -2.29. The van der Waals surface area contributed by atoms with E-state index in [0.717, 1.165) is 12.3 Å². The van der Waals surface area contributed by atoms with Crippen LogP contribution >= 0.6 is 23.2 Å². The fourth-order valence-corrected chi connectivity index (χ4v) is 3.95. The van der Waals surface area contributed by atoms with E-state index in [1.54, 1.807) is 23.1 Å². The number of hydrogen-bond donors (Lipinski definition) is 1. The van der Waals surface area contributed by atoms with E-state index in [9.17, 15) is 18.0 Å². The first-order valence-corrected chi connectivity index (χ1v) is 9.88. The summed E-state index contributed by atoms with van der Waals surface area (Å²) in [6.07, 6.45) is -3.48. The number of halogens is 5. The third kappa shape index (κ3) is 4.12. The van der Waals surface area contributed by atoms with Gasteiger partial charge >= 0.3 is 6.18 Å². The van der Waals surface area contributed by atoms with E-state index < -0.39 is 11.7 Å². The average molecular weight is 458 g/mol. The predicted octanol–water partition coefficient (Wildman–Crippen LogP) is 4.95. The van der Waals surface area contributed by atoms with Gasteiger partial charge in [0.1, 0.15) is 0 Å². The summed E-state index contributed by atoms with van der Waals surface area (Å²) < 4.78 is 44.0. The van der Waals surface area contributed by atoms with Gasteiger partial charge in [-0.1, -0.05) is 23.2 Å². The molecule has 158 valence electrons. The highest BCUT2D eigenvalue weighted by atomic mass is 35.5. The van der Waals surface area contributed by atoms with Crippen LogP contribution < -0.4 is 0 Å². The van der Waals surface area contributed by atoms with Crippen LogP contribution in [0.25, 0.3) is 11.0 Å². The van der Waals surface area contributed by atoms with E-state index in [-0.39, 0.29) is 22.9 Å². The second-order valence-corrected chi connectivity index (χ2v) is 7.70. The number of morpholine rings is 1. The largest absolute Gasteiger partial charge is 0.417 e. The van der Waals surface area contributed by atoms with E-state index in [1.807, 2.05) is 0 Å². The van der Waals surface area contributed by atoms with Gasteiger partial charge in [-0.25, -0.2) is 0 Å². The van der Waals surface area contributed by atoms with Crippen LogP contribution in [0.15, 0.2) is 30.5 Å². The summed E-state index contributed by atoms with van der Waals surface area (Å²) >= 11 is 12.8. The molecule has 4 rings (SSSR count). The molecular weight excluding hydrogens is 442 g/mol. The number of pyridine rings is 1. The smallest absolute Gasteiger partial charge is 0.378 e. The number of ether oxygens (including phenoxy) is 1. The molecule has 1 saturated heterocycles. The molecule has 0 radical (unpaired) electrons. The molecule has 3 heterocycles. The van der Waals surface area contributed by atoms with Crippen LogP contribution in [0.4, 0.5) is 13.2 Å². The van der Waals surface area contributed by atoms with Gasteiger partial charge in [0.25, 0.3) is 5.91 Å². The molecule has 0 spiro atoms. The number of carbonyl (C=O) groups is 1. The average Bonchev–Trinajstić information content (AvgIpc) is 3.12. The summed E-state index contributed by atoms with van der Waals surface area (Å²) in [5.74, 6) is -0.214. The molecule has 2 aromatic heterocycles. The molecule has 0 bridgehead atoms. The third-order valence-electron chi connectivity index (χ3n) is 4.93. The van der Waals surface area contributed by atoms with Crippen LogP contribution in [0.3, 0.4) is 0 Å². The van der Waals surface area contributed by atoms with Gasteiger partial charge in [0.2, 0.25) is 0 Å². The first-order chi connectivity index (χ1) is 14.2. The number of benzene rings is 1. The SMILES string of the molecule is O=C(c1ccc(Cl)c(Cc2cc3ncc(C(F)(F)F)cc3[nH]2)c1Cl)N1CCOCC1. The Morgan fingerprint density at radius 1 is 1.20 bits per heavy atom.